The zero-order valence-corrected chi connectivity index (χ0v) is 20.8. The maximum Gasteiger partial charge on any atom is 0.140 e. The van der Waals surface area contributed by atoms with Gasteiger partial charge in [0.25, 0.3) is 0 Å². The third-order valence-corrected chi connectivity index (χ3v) is 7.82. The van der Waals surface area contributed by atoms with Gasteiger partial charge in [0, 0.05) is 49.4 Å². The molecule has 0 radical (unpaired) electrons. The molecule has 0 atom stereocenters. The number of rotatable bonds is 7. The Balaban J connectivity index is 1.63. The van der Waals surface area contributed by atoms with Crippen molar-refractivity contribution in [2.75, 3.05) is 24.6 Å². The minimum Gasteiger partial charge on any atom is -0.360 e. The SMILES string of the molecule is C[Si](C)(C)CCOCn1nc(-c2ccnc(N3CCCCC3)c2)c2cc(Br)ccc21. The van der Waals surface area contributed by atoms with Crippen LogP contribution in [0.4, 0.5) is 5.82 Å². The van der Waals surface area contributed by atoms with Crippen LogP contribution in [0.25, 0.3) is 22.2 Å². The van der Waals surface area contributed by atoms with E-state index in [0.29, 0.717) is 6.73 Å². The molecule has 3 aromatic rings. The molecule has 0 N–H and O–H groups in total. The smallest absolute Gasteiger partial charge is 0.140 e. The van der Waals surface area contributed by atoms with Crippen LogP contribution >= 0.6 is 15.9 Å². The van der Waals surface area contributed by atoms with Crippen molar-refractivity contribution >= 4 is 40.7 Å². The Morgan fingerprint density at radius 2 is 1.87 bits per heavy atom. The lowest BCUT2D eigenvalue weighted by Gasteiger charge is -2.27. The van der Waals surface area contributed by atoms with Gasteiger partial charge in [-0.25, -0.2) is 9.67 Å². The van der Waals surface area contributed by atoms with Crippen molar-refractivity contribution < 1.29 is 4.74 Å². The summed E-state index contributed by atoms with van der Waals surface area (Å²) in [4.78, 5) is 7.03. The van der Waals surface area contributed by atoms with E-state index < -0.39 is 8.07 Å². The second-order valence-corrected chi connectivity index (χ2v) is 15.8. The molecule has 1 fully saturated rings. The molecule has 3 heterocycles. The fourth-order valence-corrected chi connectivity index (χ4v) is 4.97. The second-order valence-electron chi connectivity index (χ2n) is 9.31. The molecule has 1 aliphatic rings. The first-order valence-corrected chi connectivity index (χ1v) is 15.4. The van der Waals surface area contributed by atoms with Gasteiger partial charge in [-0.05, 0) is 55.6 Å². The lowest BCUT2D eigenvalue weighted by molar-refractivity contribution is 0.0818. The quantitative estimate of drug-likeness (QED) is 0.296. The second kappa shape index (κ2) is 9.20. The molecule has 0 bridgehead atoms. The first-order chi connectivity index (χ1) is 14.4. The topological polar surface area (TPSA) is 43.2 Å². The zero-order valence-electron chi connectivity index (χ0n) is 18.2. The summed E-state index contributed by atoms with van der Waals surface area (Å²) in [6.45, 7) is 10.6. The third kappa shape index (κ3) is 5.13. The molecule has 0 amide bonds. The van der Waals surface area contributed by atoms with Crippen molar-refractivity contribution in [2.45, 2.75) is 51.7 Å². The van der Waals surface area contributed by atoms with Crippen LogP contribution in [0.3, 0.4) is 0 Å². The van der Waals surface area contributed by atoms with E-state index >= 15 is 0 Å². The highest BCUT2D eigenvalue weighted by molar-refractivity contribution is 9.10. The van der Waals surface area contributed by atoms with E-state index in [4.69, 9.17) is 9.84 Å². The van der Waals surface area contributed by atoms with Gasteiger partial charge in [-0.1, -0.05) is 35.6 Å². The molecule has 160 valence electrons. The lowest BCUT2D eigenvalue weighted by atomic mass is 10.1. The number of anilines is 1. The van der Waals surface area contributed by atoms with Crippen molar-refractivity contribution in [3.8, 4) is 11.3 Å². The number of aromatic nitrogens is 3. The first-order valence-electron chi connectivity index (χ1n) is 10.9. The minimum absolute atomic E-state index is 0.479. The summed E-state index contributed by atoms with van der Waals surface area (Å²) >= 11 is 3.63. The van der Waals surface area contributed by atoms with Crippen LogP contribution in [0.1, 0.15) is 19.3 Å². The van der Waals surface area contributed by atoms with E-state index in [1.54, 1.807) is 0 Å². The van der Waals surface area contributed by atoms with Crippen molar-refractivity contribution in [3.63, 3.8) is 0 Å². The molecule has 0 unspecified atom stereocenters. The van der Waals surface area contributed by atoms with Crippen molar-refractivity contribution in [2.24, 2.45) is 0 Å². The largest absolute Gasteiger partial charge is 0.360 e. The van der Waals surface area contributed by atoms with Gasteiger partial charge in [0.05, 0.1) is 5.52 Å². The molecule has 0 aliphatic carbocycles. The van der Waals surface area contributed by atoms with Crippen molar-refractivity contribution in [1.82, 2.24) is 14.8 Å². The Kier molecular flexibility index (Phi) is 6.60. The van der Waals surface area contributed by atoms with Crippen LogP contribution in [-0.4, -0.2) is 42.5 Å². The number of hydrogen-bond acceptors (Lipinski definition) is 4. The molecule has 30 heavy (non-hydrogen) atoms. The van der Waals surface area contributed by atoms with E-state index in [1.807, 2.05) is 10.9 Å². The van der Waals surface area contributed by atoms with Gasteiger partial charge in [0.15, 0.2) is 0 Å². The summed E-state index contributed by atoms with van der Waals surface area (Å²) in [5, 5.41) is 6.09. The van der Waals surface area contributed by atoms with E-state index in [0.717, 1.165) is 58.2 Å². The Hall–Kier alpha value is -1.70. The average molecular weight is 488 g/mol. The predicted molar refractivity (Wildman–Crippen MR) is 131 cm³/mol. The normalized spacial score (nSPS) is 15.1. The Morgan fingerprint density at radius 3 is 2.63 bits per heavy atom. The van der Waals surface area contributed by atoms with Crippen LogP contribution in [-0.2, 0) is 11.5 Å². The van der Waals surface area contributed by atoms with Crippen LogP contribution in [0.15, 0.2) is 41.0 Å². The number of hydrogen-bond donors (Lipinski definition) is 0. The molecule has 0 spiro atoms. The summed E-state index contributed by atoms with van der Waals surface area (Å²) in [7, 11) is -1.10. The summed E-state index contributed by atoms with van der Waals surface area (Å²) in [5.74, 6) is 1.05. The van der Waals surface area contributed by atoms with Crippen LogP contribution < -0.4 is 4.90 Å². The van der Waals surface area contributed by atoms with Gasteiger partial charge in [-0.3, -0.25) is 0 Å². The van der Waals surface area contributed by atoms with Gasteiger partial charge >= 0.3 is 0 Å². The molecule has 1 saturated heterocycles. The molecule has 1 aliphatic heterocycles. The van der Waals surface area contributed by atoms with Crippen LogP contribution in [0.2, 0.25) is 25.7 Å². The summed E-state index contributed by atoms with van der Waals surface area (Å²) in [5.41, 5.74) is 3.19. The maximum absolute atomic E-state index is 6.01. The summed E-state index contributed by atoms with van der Waals surface area (Å²) in [6, 6.07) is 11.7. The molecular weight excluding hydrogens is 456 g/mol. The molecule has 7 heteroatoms. The van der Waals surface area contributed by atoms with Gasteiger partial charge in [-0.2, -0.15) is 5.10 Å². The third-order valence-electron chi connectivity index (χ3n) is 5.62. The first kappa shape index (κ1) is 21.5. The Morgan fingerprint density at radius 1 is 1.07 bits per heavy atom. The van der Waals surface area contributed by atoms with Gasteiger partial charge in [0.1, 0.15) is 18.2 Å². The standard InChI is InChI=1S/C23H31BrN4OSi/c1-30(2,3)14-13-29-17-28-21-8-7-19(24)16-20(21)23(26-28)18-9-10-25-22(15-18)27-11-5-4-6-12-27/h7-10,15-16H,4-6,11-14,17H2,1-3H3. The van der Waals surface area contributed by atoms with E-state index in [-0.39, 0.29) is 0 Å². The highest BCUT2D eigenvalue weighted by atomic mass is 79.9. The summed E-state index contributed by atoms with van der Waals surface area (Å²) in [6.07, 6.45) is 5.71. The summed E-state index contributed by atoms with van der Waals surface area (Å²) < 4.78 is 9.05. The zero-order chi connectivity index (χ0) is 21.1. The number of halogens is 1. The fraction of sp³-hybridized carbons (Fsp3) is 0.478. The lowest BCUT2D eigenvalue weighted by Crippen LogP contribution is -2.30. The molecule has 5 nitrogen and oxygen atoms in total. The number of ether oxygens (including phenoxy) is 1. The Labute approximate surface area is 188 Å². The average Bonchev–Trinajstić information content (AvgIpc) is 3.09. The van der Waals surface area contributed by atoms with Crippen molar-refractivity contribution in [1.29, 1.82) is 0 Å². The van der Waals surface area contributed by atoms with Crippen molar-refractivity contribution in [3.05, 3.63) is 41.0 Å². The van der Waals surface area contributed by atoms with E-state index in [2.05, 4.69) is 75.8 Å². The number of fused-ring (bicyclic) bond motifs is 1. The van der Waals surface area contributed by atoms with Gasteiger partial charge in [-0.15, -0.1) is 0 Å². The Bertz CT molecular complexity index is 1010. The fourth-order valence-electron chi connectivity index (χ4n) is 3.85. The molecule has 0 saturated carbocycles. The molecule has 1 aromatic carbocycles. The number of pyridine rings is 1. The number of benzene rings is 1. The van der Waals surface area contributed by atoms with E-state index in [9.17, 15) is 0 Å². The van der Waals surface area contributed by atoms with E-state index in [1.165, 1.54) is 19.3 Å². The number of piperidine rings is 1. The van der Waals surface area contributed by atoms with Crippen LogP contribution in [0.5, 0.6) is 0 Å². The monoisotopic (exact) mass is 486 g/mol. The van der Waals surface area contributed by atoms with Gasteiger partial charge < -0.3 is 9.64 Å². The van der Waals surface area contributed by atoms with Crippen LogP contribution in [0, 0.1) is 0 Å². The predicted octanol–water partition coefficient (Wildman–Crippen LogP) is 6.16. The minimum atomic E-state index is -1.10. The number of nitrogens with zero attached hydrogens (tertiary/aromatic N) is 4. The highest BCUT2D eigenvalue weighted by Gasteiger charge is 2.17. The molecule has 2 aromatic heterocycles. The maximum atomic E-state index is 6.01. The molecular formula is C23H31BrN4OSi. The van der Waals surface area contributed by atoms with Gasteiger partial charge in [0.2, 0.25) is 0 Å². The molecule has 4 rings (SSSR count). The highest BCUT2D eigenvalue weighted by Crippen LogP contribution is 2.32.